The lowest BCUT2D eigenvalue weighted by Crippen LogP contribution is -2.57. The third-order valence-electron chi connectivity index (χ3n) is 3.50. The van der Waals surface area contributed by atoms with Gasteiger partial charge in [0, 0.05) is 12.2 Å². The molecule has 0 saturated carbocycles. The van der Waals surface area contributed by atoms with E-state index in [1.165, 1.54) is 6.92 Å². The Morgan fingerprint density at radius 3 is 1.72 bits per heavy atom. The predicted octanol–water partition coefficient (Wildman–Crippen LogP) is -2.86. The van der Waals surface area contributed by atoms with E-state index >= 15 is 0 Å². The van der Waals surface area contributed by atoms with Crippen LogP contribution in [0.2, 0.25) is 0 Å². The molecule has 0 aromatic carbocycles. The van der Waals surface area contributed by atoms with Crippen molar-refractivity contribution in [3.8, 4) is 0 Å². The summed E-state index contributed by atoms with van der Waals surface area (Å²) in [6.07, 6.45) is -1.70. The Bertz CT molecular complexity index is 656. The third-order valence-corrected chi connectivity index (χ3v) is 3.87. The van der Waals surface area contributed by atoms with Gasteiger partial charge in [0.1, 0.15) is 18.1 Å². The highest BCUT2D eigenvalue weighted by Crippen LogP contribution is 2.01. The van der Waals surface area contributed by atoms with E-state index in [1.54, 1.807) is 0 Å². The number of nitrogens with two attached hydrogens (primary N) is 1. The summed E-state index contributed by atoms with van der Waals surface area (Å²) in [7, 11) is 0. The molecule has 0 saturated heterocycles. The van der Waals surface area contributed by atoms with Crippen LogP contribution in [0.5, 0.6) is 0 Å². The number of carbonyl (C=O) groups is 6. The summed E-state index contributed by atoms with van der Waals surface area (Å²) >= 11 is 3.89. The summed E-state index contributed by atoms with van der Waals surface area (Å²) in [6, 6.07) is -5.46. The number of hydrogen-bond acceptors (Lipinski definition) is 8. The largest absolute Gasteiger partial charge is 0.481 e. The first kappa shape index (κ1) is 26.1. The molecule has 8 N–H and O–H groups in total. The van der Waals surface area contributed by atoms with Crippen LogP contribution in [0, 0.1) is 0 Å². The van der Waals surface area contributed by atoms with E-state index in [1.807, 2.05) is 0 Å². The van der Waals surface area contributed by atoms with Gasteiger partial charge in [0.05, 0.1) is 12.5 Å². The molecule has 0 aliphatic carbocycles. The van der Waals surface area contributed by atoms with Gasteiger partial charge in [-0.15, -0.1) is 0 Å². The van der Waals surface area contributed by atoms with Crippen LogP contribution in [0.4, 0.5) is 0 Å². The average Bonchev–Trinajstić information content (AvgIpc) is 2.60. The van der Waals surface area contributed by atoms with E-state index < -0.39 is 79.1 Å². The summed E-state index contributed by atoms with van der Waals surface area (Å²) in [5.74, 6) is -7.21. The van der Waals surface area contributed by atoms with Crippen LogP contribution >= 0.6 is 12.6 Å². The van der Waals surface area contributed by atoms with Gasteiger partial charge in [0.15, 0.2) is 0 Å². The molecule has 0 aliphatic heterocycles. The lowest BCUT2D eigenvalue weighted by Gasteiger charge is -2.23. The molecule has 164 valence electrons. The summed E-state index contributed by atoms with van der Waals surface area (Å²) in [6.45, 7) is 1.32. The van der Waals surface area contributed by atoms with Gasteiger partial charge in [-0.05, 0) is 13.3 Å². The quantitative estimate of drug-likeness (QED) is 0.138. The van der Waals surface area contributed by atoms with Crippen LogP contribution in [-0.4, -0.2) is 80.9 Å². The summed E-state index contributed by atoms with van der Waals surface area (Å²) in [5.41, 5.74) is 5.36. The molecule has 0 aliphatic rings. The second-order valence-electron chi connectivity index (χ2n) is 6.02. The first-order valence-electron chi connectivity index (χ1n) is 8.33. The SMILES string of the molecule is CC(N)C(=O)NC(CC(=O)O)C(=O)NC(CS)C(=O)NC(CCC(=O)O)C(=O)O. The number of carboxylic acid groups (broad SMARTS) is 3. The number of aliphatic carboxylic acids is 3. The molecular weight excluding hydrogens is 412 g/mol. The molecule has 29 heavy (non-hydrogen) atoms. The van der Waals surface area contributed by atoms with Crippen molar-refractivity contribution in [3.63, 3.8) is 0 Å². The van der Waals surface area contributed by atoms with Crippen molar-refractivity contribution in [2.24, 2.45) is 5.73 Å². The number of amides is 3. The molecule has 0 bridgehead atoms. The number of rotatable bonds is 13. The van der Waals surface area contributed by atoms with Gasteiger partial charge in [-0.1, -0.05) is 0 Å². The fourth-order valence-electron chi connectivity index (χ4n) is 1.95. The molecule has 4 atom stereocenters. The number of carbonyl (C=O) groups excluding carboxylic acids is 3. The molecule has 4 unspecified atom stereocenters. The zero-order chi connectivity index (χ0) is 22.7. The first-order chi connectivity index (χ1) is 13.4. The lowest BCUT2D eigenvalue weighted by molar-refractivity contribution is -0.144. The Kier molecular flexibility index (Phi) is 11.3. The second kappa shape index (κ2) is 12.6. The van der Waals surface area contributed by atoms with Gasteiger partial charge in [-0.3, -0.25) is 24.0 Å². The molecular formula is C15H24N4O9S. The van der Waals surface area contributed by atoms with Crippen LogP contribution in [0.15, 0.2) is 0 Å². The molecule has 0 aromatic heterocycles. The fraction of sp³-hybridized carbons (Fsp3) is 0.600. The first-order valence-corrected chi connectivity index (χ1v) is 8.96. The number of carboxylic acids is 3. The van der Waals surface area contributed by atoms with Crippen molar-refractivity contribution >= 4 is 48.3 Å². The van der Waals surface area contributed by atoms with Gasteiger partial charge < -0.3 is 37.0 Å². The number of nitrogens with one attached hydrogen (secondary N) is 3. The molecule has 0 fully saturated rings. The minimum atomic E-state index is -1.54. The van der Waals surface area contributed by atoms with Gasteiger partial charge in [0.25, 0.3) is 0 Å². The van der Waals surface area contributed by atoms with Crippen LogP contribution in [0.25, 0.3) is 0 Å². The molecule has 0 aromatic rings. The molecule has 0 spiro atoms. The van der Waals surface area contributed by atoms with Crippen LogP contribution in [0.1, 0.15) is 26.2 Å². The zero-order valence-electron chi connectivity index (χ0n) is 15.5. The van der Waals surface area contributed by atoms with E-state index in [2.05, 4.69) is 28.6 Å². The van der Waals surface area contributed by atoms with Gasteiger partial charge >= 0.3 is 17.9 Å². The van der Waals surface area contributed by atoms with E-state index in [4.69, 9.17) is 21.1 Å². The fourth-order valence-corrected chi connectivity index (χ4v) is 2.21. The Labute approximate surface area is 170 Å². The van der Waals surface area contributed by atoms with Crippen LogP contribution in [-0.2, 0) is 28.8 Å². The topological polar surface area (TPSA) is 225 Å². The monoisotopic (exact) mass is 436 g/mol. The third kappa shape index (κ3) is 10.3. The smallest absolute Gasteiger partial charge is 0.326 e. The minimum absolute atomic E-state index is 0.288. The summed E-state index contributed by atoms with van der Waals surface area (Å²) < 4.78 is 0. The highest BCUT2D eigenvalue weighted by molar-refractivity contribution is 7.80. The maximum absolute atomic E-state index is 12.3. The molecule has 3 amide bonds. The van der Waals surface area contributed by atoms with E-state index in [9.17, 15) is 28.8 Å². The van der Waals surface area contributed by atoms with Gasteiger partial charge in [0.2, 0.25) is 17.7 Å². The molecule has 13 nitrogen and oxygen atoms in total. The molecule has 0 radical (unpaired) electrons. The van der Waals surface area contributed by atoms with Crippen molar-refractivity contribution in [1.29, 1.82) is 0 Å². The average molecular weight is 436 g/mol. The van der Waals surface area contributed by atoms with Gasteiger partial charge in [-0.25, -0.2) is 4.79 Å². The normalized spacial score (nSPS) is 14.6. The van der Waals surface area contributed by atoms with Crippen molar-refractivity contribution in [2.75, 3.05) is 5.75 Å². The Balaban J connectivity index is 5.16. The molecule has 0 heterocycles. The van der Waals surface area contributed by atoms with E-state index in [0.717, 1.165) is 0 Å². The Morgan fingerprint density at radius 1 is 0.828 bits per heavy atom. The zero-order valence-corrected chi connectivity index (χ0v) is 16.3. The van der Waals surface area contributed by atoms with E-state index in [0.29, 0.717) is 0 Å². The van der Waals surface area contributed by atoms with Crippen molar-refractivity contribution in [1.82, 2.24) is 16.0 Å². The molecule has 14 heteroatoms. The summed E-state index contributed by atoms with van der Waals surface area (Å²) in [5, 5.41) is 33.0. The van der Waals surface area contributed by atoms with Crippen molar-refractivity contribution < 1.29 is 44.1 Å². The minimum Gasteiger partial charge on any atom is -0.481 e. The van der Waals surface area contributed by atoms with Crippen LogP contribution < -0.4 is 21.7 Å². The number of hydrogen-bond donors (Lipinski definition) is 8. The molecule has 0 rings (SSSR count). The Morgan fingerprint density at radius 2 is 1.31 bits per heavy atom. The van der Waals surface area contributed by atoms with Crippen molar-refractivity contribution in [2.45, 2.75) is 50.4 Å². The maximum atomic E-state index is 12.3. The second-order valence-corrected chi connectivity index (χ2v) is 6.39. The van der Waals surface area contributed by atoms with Crippen LogP contribution in [0.3, 0.4) is 0 Å². The highest BCUT2D eigenvalue weighted by Gasteiger charge is 2.30. The maximum Gasteiger partial charge on any atom is 0.326 e. The lowest BCUT2D eigenvalue weighted by atomic mass is 10.1. The highest BCUT2D eigenvalue weighted by atomic mass is 32.1. The van der Waals surface area contributed by atoms with E-state index in [-0.39, 0.29) is 5.75 Å². The number of thiol groups is 1. The summed E-state index contributed by atoms with van der Waals surface area (Å²) in [4.78, 5) is 68.9. The predicted molar refractivity (Wildman–Crippen MR) is 100 cm³/mol. The Hall–Kier alpha value is -2.87. The standard InChI is InChI=1S/C15H24N4O9S/c1-6(16)12(24)18-8(4-11(22)23)13(25)19-9(5-29)14(26)17-7(15(27)28)2-3-10(20)21/h6-9,29H,2-5,16H2,1H3,(H,17,26)(H,18,24)(H,19,25)(H,20,21)(H,22,23)(H,27,28). The van der Waals surface area contributed by atoms with Gasteiger partial charge in [-0.2, -0.15) is 12.6 Å². The van der Waals surface area contributed by atoms with Crippen molar-refractivity contribution in [3.05, 3.63) is 0 Å².